The van der Waals surface area contributed by atoms with Crippen LogP contribution < -0.4 is 5.32 Å². The van der Waals surface area contributed by atoms with Gasteiger partial charge in [0.1, 0.15) is 12.1 Å². The second-order valence-corrected chi connectivity index (χ2v) is 4.34. The summed E-state index contributed by atoms with van der Waals surface area (Å²) in [6.45, 7) is 2.06. The number of fused-ring (bicyclic) bond motifs is 1. The summed E-state index contributed by atoms with van der Waals surface area (Å²) in [6.07, 6.45) is 1.37. The van der Waals surface area contributed by atoms with Crippen LogP contribution in [0.3, 0.4) is 0 Å². The number of rotatable bonds is 4. The van der Waals surface area contributed by atoms with Crippen molar-refractivity contribution >= 4 is 22.7 Å². The molecular formula is C13H11N5O3. The summed E-state index contributed by atoms with van der Waals surface area (Å²) < 4.78 is 4.88. The van der Waals surface area contributed by atoms with Gasteiger partial charge in [-0.3, -0.25) is 0 Å². The van der Waals surface area contributed by atoms with Crippen molar-refractivity contribution in [1.82, 2.24) is 20.1 Å². The van der Waals surface area contributed by atoms with Crippen LogP contribution in [-0.2, 0) is 6.54 Å². The molecule has 0 fully saturated rings. The van der Waals surface area contributed by atoms with Gasteiger partial charge in [0, 0.05) is 12.3 Å². The first-order valence-electron chi connectivity index (χ1n) is 6.14. The lowest BCUT2D eigenvalue weighted by atomic mass is 10.1. The average molecular weight is 285 g/mol. The van der Waals surface area contributed by atoms with Crippen LogP contribution >= 0.6 is 0 Å². The zero-order chi connectivity index (χ0) is 14.8. The highest BCUT2D eigenvalue weighted by Gasteiger charge is 2.09. The predicted octanol–water partition coefficient (Wildman–Crippen LogP) is 1.63. The second-order valence-electron chi connectivity index (χ2n) is 4.34. The third-order valence-electron chi connectivity index (χ3n) is 2.87. The number of carbonyl (C=O) groups is 1. The van der Waals surface area contributed by atoms with Crippen molar-refractivity contribution < 1.29 is 14.4 Å². The normalized spacial score (nSPS) is 10.7. The van der Waals surface area contributed by atoms with E-state index in [0.29, 0.717) is 29.6 Å². The average Bonchev–Trinajstić information content (AvgIpc) is 2.90. The zero-order valence-electron chi connectivity index (χ0n) is 11.1. The Labute approximate surface area is 118 Å². The predicted molar refractivity (Wildman–Crippen MR) is 72.9 cm³/mol. The molecule has 106 valence electrons. The van der Waals surface area contributed by atoms with Crippen molar-refractivity contribution in [3.63, 3.8) is 0 Å². The lowest BCUT2D eigenvalue weighted by Gasteiger charge is -2.06. The largest absolute Gasteiger partial charge is 0.478 e. The number of hydrogen-bond donors (Lipinski definition) is 2. The Hall–Kier alpha value is -3.03. The molecule has 0 amide bonds. The molecule has 2 heterocycles. The minimum atomic E-state index is -0.993. The first-order chi connectivity index (χ1) is 10.1. The Balaban J connectivity index is 1.90. The summed E-state index contributed by atoms with van der Waals surface area (Å²) in [4.78, 5) is 23.3. The number of nitrogens with one attached hydrogen (secondary N) is 1. The van der Waals surface area contributed by atoms with Crippen molar-refractivity contribution in [2.45, 2.75) is 13.5 Å². The number of carboxylic acid groups (broad SMARTS) is 1. The molecule has 0 saturated heterocycles. The summed E-state index contributed by atoms with van der Waals surface area (Å²) in [6, 6.07) is 4.68. The molecule has 0 bridgehead atoms. The van der Waals surface area contributed by atoms with Crippen LogP contribution in [0.25, 0.3) is 10.9 Å². The molecule has 2 N–H and O–H groups in total. The van der Waals surface area contributed by atoms with Crippen LogP contribution in [0.2, 0.25) is 0 Å². The molecule has 8 heteroatoms. The Kier molecular flexibility index (Phi) is 3.19. The number of aryl methyl sites for hydroxylation is 1. The molecule has 8 nitrogen and oxygen atoms in total. The van der Waals surface area contributed by atoms with E-state index in [1.54, 1.807) is 13.0 Å². The van der Waals surface area contributed by atoms with Crippen LogP contribution in [0.5, 0.6) is 0 Å². The quantitative estimate of drug-likeness (QED) is 0.743. The zero-order valence-corrected chi connectivity index (χ0v) is 11.1. The third-order valence-corrected chi connectivity index (χ3v) is 2.87. The molecule has 0 spiro atoms. The van der Waals surface area contributed by atoms with Crippen molar-refractivity contribution in [1.29, 1.82) is 0 Å². The molecular weight excluding hydrogens is 274 g/mol. The summed E-state index contributed by atoms with van der Waals surface area (Å²) in [5.41, 5.74) is 0.734. The molecule has 3 rings (SSSR count). The smallest absolute Gasteiger partial charge is 0.335 e. The first-order valence-corrected chi connectivity index (χ1v) is 6.14. The Morgan fingerprint density at radius 3 is 2.95 bits per heavy atom. The molecule has 0 aliphatic heterocycles. The van der Waals surface area contributed by atoms with Crippen LogP contribution in [0.1, 0.15) is 22.1 Å². The topological polar surface area (TPSA) is 114 Å². The highest BCUT2D eigenvalue weighted by Crippen LogP contribution is 2.20. The van der Waals surface area contributed by atoms with Crippen LogP contribution in [0.4, 0.5) is 5.82 Å². The number of benzene rings is 1. The Morgan fingerprint density at radius 2 is 2.24 bits per heavy atom. The highest BCUT2D eigenvalue weighted by atomic mass is 16.5. The Bertz CT molecular complexity index is 814. The summed E-state index contributed by atoms with van der Waals surface area (Å²) >= 11 is 0. The van der Waals surface area contributed by atoms with Gasteiger partial charge in [0.2, 0.25) is 5.89 Å². The summed E-state index contributed by atoms with van der Waals surface area (Å²) in [5.74, 6) is 0.596. The fraction of sp³-hybridized carbons (Fsp3) is 0.154. The lowest BCUT2D eigenvalue weighted by Crippen LogP contribution is -2.04. The fourth-order valence-corrected chi connectivity index (χ4v) is 1.91. The van der Waals surface area contributed by atoms with Gasteiger partial charge < -0.3 is 14.9 Å². The summed E-state index contributed by atoms with van der Waals surface area (Å²) in [7, 11) is 0. The van der Waals surface area contributed by atoms with E-state index in [9.17, 15) is 4.79 Å². The Morgan fingerprint density at radius 1 is 1.38 bits per heavy atom. The molecule has 0 saturated carbocycles. The minimum Gasteiger partial charge on any atom is -0.478 e. The molecule has 0 aliphatic rings. The first kappa shape index (κ1) is 13.0. The van der Waals surface area contributed by atoms with Crippen LogP contribution in [0, 0.1) is 6.92 Å². The molecule has 21 heavy (non-hydrogen) atoms. The monoisotopic (exact) mass is 285 g/mol. The van der Waals surface area contributed by atoms with Gasteiger partial charge in [-0.05, 0) is 18.2 Å². The van der Waals surface area contributed by atoms with E-state index in [0.717, 1.165) is 5.39 Å². The van der Waals surface area contributed by atoms with E-state index in [2.05, 4.69) is 25.4 Å². The van der Waals surface area contributed by atoms with Crippen molar-refractivity contribution in [2.75, 3.05) is 5.32 Å². The van der Waals surface area contributed by atoms with Gasteiger partial charge in [0.05, 0.1) is 17.6 Å². The minimum absolute atomic E-state index is 0.181. The number of anilines is 1. The van der Waals surface area contributed by atoms with Gasteiger partial charge in [0.15, 0.2) is 5.82 Å². The van der Waals surface area contributed by atoms with E-state index < -0.39 is 5.97 Å². The van der Waals surface area contributed by atoms with Gasteiger partial charge in [-0.25, -0.2) is 14.8 Å². The van der Waals surface area contributed by atoms with Crippen LogP contribution in [-0.4, -0.2) is 31.2 Å². The van der Waals surface area contributed by atoms with Gasteiger partial charge >= 0.3 is 5.97 Å². The van der Waals surface area contributed by atoms with Crippen molar-refractivity contribution in [3.05, 3.63) is 41.8 Å². The number of aromatic carboxylic acids is 1. The number of carboxylic acids is 1. The molecule has 2 aromatic heterocycles. The van der Waals surface area contributed by atoms with E-state index in [-0.39, 0.29) is 5.56 Å². The fourth-order valence-electron chi connectivity index (χ4n) is 1.91. The standard InChI is InChI=1S/C13H11N5O3/c1-7-17-11(18-21-7)5-14-12-9-3-2-8(13(19)20)4-10(9)15-6-16-12/h2-4,6H,5H2,1H3,(H,19,20)(H,14,15,16). The molecule has 0 unspecified atom stereocenters. The van der Waals surface area contributed by atoms with E-state index in [1.165, 1.54) is 18.5 Å². The molecule has 0 aliphatic carbocycles. The molecule has 0 radical (unpaired) electrons. The van der Waals surface area contributed by atoms with E-state index in [1.807, 2.05) is 0 Å². The number of nitrogens with zero attached hydrogens (tertiary/aromatic N) is 4. The second kappa shape index (κ2) is 5.16. The SMILES string of the molecule is Cc1nc(CNc2ncnc3cc(C(=O)O)ccc23)no1. The van der Waals surface area contributed by atoms with Gasteiger partial charge in [-0.1, -0.05) is 5.16 Å². The lowest BCUT2D eigenvalue weighted by molar-refractivity contribution is 0.0697. The van der Waals surface area contributed by atoms with Gasteiger partial charge in [-0.2, -0.15) is 4.98 Å². The van der Waals surface area contributed by atoms with E-state index >= 15 is 0 Å². The van der Waals surface area contributed by atoms with E-state index in [4.69, 9.17) is 9.63 Å². The molecule has 0 atom stereocenters. The van der Waals surface area contributed by atoms with Crippen molar-refractivity contribution in [2.24, 2.45) is 0 Å². The van der Waals surface area contributed by atoms with Crippen LogP contribution in [0.15, 0.2) is 29.0 Å². The maximum atomic E-state index is 11.0. The highest BCUT2D eigenvalue weighted by molar-refractivity contribution is 5.96. The number of aromatic nitrogens is 4. The van der Waals surface area contributed by atoms with Gasteiger partial charge in [0.25, 0.3) is 0 Å². The van der Waals surface area contributed by atoms with Gasteiger partial charge in [-0.15, -0.1) is 0 Å². The number of hydrogen-bond acceptors (Lipinski definition) is 7. The third kappa shape index (κ3) is 2.64. The van der Waals surface area contributed by atoms with Crippen molar-refractivity contribution in [3.8, 4) is 0 Å². The maximum Gasteiger partial charge on any atom is 0.335 e. The molecule has 3 aromatic rings. The summed E-state index contributed by atoms with van der Waals surface area (Å²) in [5, 5.41) is 16.6. The maximum absolute atomic E-state index is 11.0. The molecule has 1 aromatic carbocycles.